The number of amides is 1. The zero-order valence-electron chi connectivity index (χ0n) is 11.6. The molecule has 0 unspecified atom stereocenters. The monoisotopic (exact) mass is 395 g/mol. The van der Waals surface area contributed by atoms with Gasteiger partial charge in [0.2, 0.25) is 0 Å². The highest BCUT2D eigenvalue weighted by atomic mass is 79.9. The summed E-state index contributed by atoms with van der Waals surface area (Å²) in [5.41, 5.74) is 4.64. The third-order valence-electron chi connectivity index (χ3n) is 3.21. The lowest BCUT2D eigenvalue weighted by Crippen LogP contribution is -2.13. The zero-order valence-corrected chi connectivity index (χ0v) is 14.7. The van der Waals surface area contributed by atoms with Gasteiger partial charge in [-0.15, -0.1) is 0 Å². The Labute approximate surface area is 135 Å². The van der Waals surface area contributed by atoms with Crippen LogP contribution < -0.4 is 5.32 Å². The van der Waals surface area contributed by atoms with Crippen LogP contribution in [0.5, 0.6) is 0 Å². The lowest BCUT2D eigenvalue weighted by Gasteiger charge is -2.11. The molecule has 0 aromatic heterocycles. The Morgan fingerprint density at radius 3 is 2.25 bits per heavy atom. The summed E-state index contributed by atoms with van der Waals surface area (Å²) in [6, 6.07) is 9.54. The first kappa shape index (κ1) is 15.3. The molecule has 0 aliphatic rings. The second-order valence-corrected chi connectivity index (χ2v) is 6.44. The number of rotatable bonds is 2. The fraction of sp³-hybridized carbons (Fsp3) is 0.188. The largest absolute Gasteiger partial charge is 0.322 e. The van der Waals surface area contributed by atoms with E-state index in [0.717, 1.165) is 31.3 Å². The van der Waals surface area contributed by atoms with Gasteiger partial charge < -0.3 is 5.32 Å². The maximum absolute atomic E-state index is 12.4. The molecule has 0 radical (unpaired) electrons. The van der Waals surface area contributed by atoms with Gasteiger partial charge in [0.05, 0.1) is 0 Å². The molecule has 2 rings (SSSR count). The standard InChI is InChI=1S/C16H15Br2NO/c1-9-7-12(8-10(2)15(9)18)19-16(20)13-5-4-6-14(17)11(13)3/h4-8H,1-3H3,(H,19,20). The van der Waals surface area contributed by atoms with Gasteiger partial charge in [0, 0.05) is 20.2 Å². The molecule has 0 aliphatic heterocycles. The number of hydrogen-bond acceptors (Lipinski definition) is 1. The Kier molecular flexibility index (Phi) is 4.66. The van der Waals surface area contributed by atoms with E-state index in [2.05, 4.69) is 37.2 Å². The van der Waals surface area contributed by atoms with E-state index in [1.165, 1.54) is 0 Å². The number of benzene rings is 2. The van der Waals surface area contributed by atoms with Crippen LogP contribution in [0.25, 0.3) is 0 Å². The van der Waals surface area contributed by atoms with Gasteiger partial charge in [-0.3, -0.25) is 4.79 Å². The molecule has 20 heavy (non-hydrogen) atoms. The van der Waals surface area contributed by atoms with E-state index in [9.17, 15) is 4.79 Å². The molecule has 104 valence electrons. The minimum absolute atomic E-state index is 0.0927. The van der Waals surface area contributed by atoms with Crippen molar-refractivity contribution in [2.75, 3.05) is 5.32 Å². The van der Waals surface area contributed by atoms with Crippen LogP contribution >= 0.6 is 31.9 Å². The van der Waals surface area contributed by atoms with Gasteiger partial charge in [-0.25, -0.2) is 0 Å². The first-order chi connectivity index (χ1) is 9.40. The van der Waals surface area contributed by atoms with Crippen molar-refractivity contribution < 1.29 is 4.79 Å². The topological polar surface area (TPSA) is 29.1 Å². The molecule has 2 aromatic rings. The predicted octanol–water partition coefficient (Wildman–Crippen LogP) is 5.39. The maximum atomic E-state index is 12.4. The molecule has 0 bridgehead atoms. The number of hydrogen-bond donors (Lipinski definition) is 1. The molecule has 1 amide bonds. The van der Waals surface area contributed by atoms with Crippen molar-refractivity contribution in [2.45, 2.75) is 20.8 Å². The van der Waals surface area contributed by atoms with Gasteiger partial charge in [0.15, 0.2) is 0 Å². The molecule has 0 atom stereocenters. The summed E-state index contributed by atoms with van der Waals surface area (Å²) in [7, 11) is 0. The summed E-state index contributed by atoms with van der Waals surface area (Å²) in [4.78, 5) is 12.4. The van der Waals surface area contributed by atoms with Crippen molar-refractivity contribution in [3.05, 3.63) is 61.5 Å². The summed E-state index contributed by atoms with van der Waals surface area (Å²) in [5.74, 6) is -0.0927. The molecule has 2 nitrogen and oxygen atoms in total. The van der Waals surface area contributed by atoms with Crippen molar-refractivity contribution >= 4 is 43.5 Å². The zero-order chi connectivity index (χ0) is 14.9. The first-order valence-corrected chi connectivity index (χ1v) is 7.82. The van der Waals surface area contributed by atoms with Gasteiger partial charge in [0.1, 0.15) is 0 Å². The van der Waals surface area contributed by atoms with Crippen molar-refractivity contribution in [3.63, 3.8) is 0 Å². The molecule has 0 saturated heterocycles. The van der Waals surface area contributed by atoms with Crippen LogP contribution in [-0.2, 0) is 0 Å². The van der Waals surface area contributed by atoms with E-state index in [1.54, 1.807) is 0 Å². The summed E-state index contributed by atoms with van der Waals surface area (Å²) in [5, 5.41) is 2.95. The average Bonchev–Trinajstić information content (AvgIpc) is 2.39. The molecule has 2 aromatic carbocycles. The van der Waals surface area contributed by atoms with Crippen LogP contribution in [0, 0.1) is 20.8 Å². The molecule has 4 heteroatoms. The Balaban J connectivity index is 2.30. The van der Waals surface area contributed by atoms with E-state index in [4.69, 9.17) is 0 Å². The lowest BCUT2D eigenvalue weighted by atomic mass is 10.1. The molecule has 0 spiro atoms. The number of carbonyl (C=O) groups is 1. The molecular formula is C16H15Br2NO. The number of halogens is 2. The molecule has 0 heterocycles. The number of anilines is 1. The highest BCUT2D eigenvalue weighted by Gasteiger charge is 2.12. The van der Waals surface area contributed by atoms with Gasteiger partial charge in [-0.1, -0.05) is 37.9 Å². The van der Waals surface area contributed by atoms with Crippen LogP contribution in [0.1, 0.15) is 27.0 Å². The molecule has 1 N–H and O–H groups in total. The predicted molar refractivity (Wildman–Crippen MR) is 90.4 cm³/mol. The number of nitrogens with one attached hydrogen (secondary N) is 1. The van der Waals surface area contributed by atoms with Crippen LogP contribution in [-0.4, -0.2) is 5.91 Å². The van der Waals surface area contributed by atoms with Crippen molar-refractivity contribution in [3.8, 4) is 0 Å². The summed E-state index contributed by atoms with van der Waals surface area (Å²) < 4.78 is 2.02. The average molecular weight is 397 g/mol. The first-order valence-electron chi connectivity index (χ1n) is 6.23. The summed E-state index contributed by atoms with van der Waals surface area (Å²) in [6.45, 7) is 5.95. The van der Waals surface area contributed by atoms with Gasteiger partial charge in [-0.05, 0) is 61.7 Å². The fourth-order valence-electron chi connectivity index (χ4n) is 2.07. The second kappa shape index (κ2) is 6.10. The molecule has 0 saturated carbocycles. The second-order valence-electron chi connectivity index (χ2n) is 4.79. The Bertz CT molecular complexity index is 657. The van der Waals surface area contributed by atoms with Crippen LogP contribution in [0.15, 0.2) is 39.3 Å². The molecule has 0 fully saturated rings. The van der Waals surface area contributed by atoms with E-state index >= 15 is 0 Å². The Morgan fingerprint density at radius 2 is 1.65 bits per heavy atom. The van der Waals surface area contributed by atoms with Crippen LogP contribution in [0.2, 0.25) is 0 Å². The van der Waals surface area contributed by atoms with Crippen LogP contribution in [0.3, 0.4) is 0 Å². The van der Waals surface area contributed by atoms with Crippen molar-refractivity contribution in [1.82, 2.24) is 0 Å². The van der Waals surface area contributed by atoms with Crippen molar-refractivity contribution in [2.24, 2.45) is 0 Å². The summed E-state index contributed by atoms with van der Waals surface area (Å²) >= 11 is 6.97. The van der Waals surface area contributed by atoms with Crippen LogP contribution in [0.4, 0.5) is 5.69 Å². The highest BCUT2D eigenvalue weighted by Crippen LogP contribution is 2.26. The van der Waals surface area contributed by atoms with Gasteiger partial charge >= 0.3 is 0 Å². The Hall–Kier alpha value is -1.13. The SMILES string of the molecule is Cc1cc(NC(=O)c2cccc(Br)c2C)cc(C)c1Br. The van der Waals surface area contributed by atoms with Gasteiger partial charge in [-0.2, -0.15) is 0 Å². The van der Waals surface area contributed by atoms with E-state index in [-0.39, 0.29) is 5.91 Å². The minimum atomic E-state index is -0.0927. The smallest absolute Gasteiger partial charge is 0.255 e. The number of aryl methyl sites for hydroxylation is 2. The third kappa shape index (κ3) is 3.13. The number of carbonyl (C=O) groups excluding carboxylic acids is 1. The van der Waals surface area contributed by atoms with Crippen molar-refractivity contribution in [1.29, 1.82) is 0 Å². The minimum Gasteiger partial charge on any atom is -0.322 e. The molecule has 0 aliphatic carbocycles. The highest BCUT2D eigenvalue weighted by molar-refractivity contribution is 9.10. The van der Waals surface area contributed by atoms with E-state index in [0.29, 0.717) is 5.56 Å². The van der Waals surface area contributed by atoms with E-state index < -0.39 is 0 Å². The normalized spacial score (nSPS) is 10.4. The quantitative estimate of drug-likeness (QED) is 0.724. The molecular weight excluding hydrogens is 382 g/mol. The fourth-order valence-corrected chi connectivity index (χ4v) is 2.67. The van der Waals surface area contributed by atoms with E-state index in [1.807, 2.05) is 51.1 Å². The third-order valence-corrected chi connectivity index (χ3v) is 5.32. The van der Waals surface area contributed by atoms with Gasteiger partial charge in [0.25, 0.3) is 5.91 Å². The lowest BCUT2D eigenvalue weighted by molar-refractivity contribution is 0.102. The Morgan fingerprint density at radius 1 is 1.05 bits per heavy atom. The summed E-state index contributed by atoms with van der Waals surface area (Å²) in [6.07, 6.45) is 0. The maximum Gasteiger partial charge on any atom is 0.255 e.